The number of rotatable bonds is 6. The lowest BCUT2D eigenvalue weighted by molar-refractivity contribution is 0.111. The van der Waals surface area contributed by atoms with E-state index in [4.69, 9.17) is 4.74 Å². The zero-order valence-electron chi connectivity index (χ0n) is 9.55. The number of benzene rings is 1. The fraction of sp³-hybridized carbons (Fsp3) is 0.500. The molecule has 17 heavy (non-hydrogen) atoms. The van der Waals surface area contributed by atoms with E-state index in [9.17, 15) is 13.9 Å². The van der Waals surface area contributed by atoms with E-state index in [1.807, 2.05) is 6.92 Å². The van der Waals surface area contributed by atoms with E-state index in [2.05, 4.69) is 15.9 Å². The van der Waals surface area contributed by atoms with Crippen LogP contribution in [-0.4, -0.2) is 18.3 Å². The number of aliphatic hydroxyl groups is 1. The van der Waals surface area contributed by atoms with Crippen LogP contribution in [0, 0.1) is 11.6 Å². The van der Waals surface area contributed by atoms with Crippen molar-refractivity contribution in [2.24, 2.45) is 0 Å². The molecule has 1 N–H and O–H groups in total. The SMILES string of the molecule is CCOCCCC(O)c1c(F)ccc(Br)c1F. The molecule has 96 valence electrons. The Bertz CT molecular complexity index is 372. The monoisotopic (exact) mass is 308 g/mol. The highest BCUT2D eigenvalue weighted by Crippen LogP contribution is 2.28. The highest BCUT2D eigenvalue weighted by molar-refractivity contribution is 9.10. The molecular weight excluding hydrogens is 294 g/mol. The summed E-state index contributed by atoms with van der Waals surface area (Å²) >= 11 is 2.96. The molecule has 0 heterocycles. The van der Waals surface area contributed by atoms with E-state index in [-0.39, 0.29) is 16.5 Å². The van der Waals surface area contributed by atoms with Gasteiger partial charge >= 0.3 is 0 Å². The zero-order chi connectivity index (χ0) is 12.8. The minimum atomic E-state index is -1.15. The van der Waals surface area contributed by atoms with Crippen LogP contribution in [-0.2, 0) is 4.74 Å². The van der Waals surface area contributed by atoms with Crippen LogP contribution in [0.5, 0.6) is 0 Å². The molecule has 1 aromatic carbocycles. The second-order valence-corrected chi connectivity index (χ2v) is 4.47. The van der Waals surface area contributed by atoms with Gasteiger partial charge in [0.2, 0.25) is 0 Å². The van der Waals surface area contributed by atoms with Gasteiger partial charge in [-0.2, -0.15) is 0 Å². The Labute approximate surface area is 108 Å². The summed E-state index contributed by atoms with van der Waals surface area (Å²) in [6, 6.07) is 2.41. The minimum absolute atomic E-state index is 0.151. The topological polar surface area (TPSA) is 29.5 Å². The van der Waals surface area contributed by atoms with Crippen molar-refractivity contribution < 1.29 is 18.6 Å². The van der Waals surface area contributed by atoms with Crippen molar-refractivity contribution in [2.75, 3.05) is 13.2 Å². The molecule has 1 rings (SSSR count). The molecule has 0 aliphatic rings. The van der Waals surface area contributed by atoms with Crippen molar-refractivity contribution in [3.63, 3.8) is 0 Å². The van der Waals surface area contributed by atoms with Crippen LogP contribution in [0.3, 0.4) is 0 Å². The smallest absolute Gasteiger partial charge is 0.146 e. The van der Waals surface area contributed by atoms with Gasteiger partial charge in [0.05, 0.1) is 16.1 Å². The molecule has 0 amide bonds. The zero-order valence-corrected chi connectivity index (χ0v) is 11.1. The molecule has 0 spiro atoms. The lowest BCUT2D eigenvalue weighted by Crippen LogP contribution is -2.06. The molecule has 0 saturated heterocycles. The Balaban J connectivity index is 2.68. The van der Waals surface area contributed by atoms with E-state index in [0.29, 0.717) is 19.6 Å². The van der Waals surface area contributed by atoms with Crippen molar-refractivity contribution >= 4 is 15.9 Å². The van der Waals surface area contributed by atoms with E-state index in [1.54, 1.807) is 0 Å². The van der Waals surface area contributed by atoms with Gasteiger partial charge in [-0.15, -0.1) is 0 Å². The molecule has 0 fully saturated rings. The standard InChI is InChI=1S/C12H15BrF2O2/c1-2-17-7-3-4-10(16)11-9(14)6-5-8(13)12(11)15/h5-6,10,16H,2-4,7H2,1H3. The summed E-state index contributed by atoms with van der Waals surface area (Å²) in [4.78, 5) is 0. The maximum Gasteiger partial charge on any atom is 0.146 e. The summed E-state index contributed by atoms with van der Waals surface area (Å²) in [6.07, 6.45) is -0.321. The lowest BCUT2D eigenvalue weighted by atomic mass is 10.0. The summed E-state index contributed by atoms with van der Waals surface area (Å²) in [6.45, 7) is 2.94. The Hall–Kier alpha value is -0.520. The Morgan fingerprint density at radius 1 is 1.41 bits per heavy atom. The first-order chi connectivity index (χ1) is 8.07. The van der Waals surface area contributed by atoms with Gasteiger partial charge in [0.1, 0.15) is 11.6 Å². The molecule has 0 saturated carbocycles. The maximum atomic E-state index is 13.6. The number of halogens is 3. The minimum Gasteiger partial charge on any atom is -0.388 e. The first-order valence-electron chi connectivity index (χ1n) is 5.47. The second-order valence-electron chi connectivity index (χ2n) is 3.61. The van der Waals surface area contributed by atoms with Crippen LogP contribution >= 0.6 is 15.9 Å². The number of hydrogen-bond donors (Lipinski definition) is 1. The van der Waals surface area contributed by atoms with E-state index in [0.717, 1.165) is 6.07 Å². The van der Waals surface area contributed by atoms with Crippen LogP contribution in [0.4, 0.5) is 8.78 Å². The Morgan fingerprint density at radius 2 is 2.12 bits per heavy atom. The molecule has 0 aliphatic carbocycles. The molecule has 1 aromatic rings. The van der Waals surface area contributed by atoms with Gasteiger partial charge in [0, 0.05) is 13.2 Å². The number of hydrogen-bond acceptors (Lipinski definition) is 2. The first kappa shape index (κ1) is 14.5. The average molecular weight is 309 g/mol. The summed E-state index contributed by atoms with van der Waals surface area (Å²) in [5, 5.41) is 9.75. The van der Waals surface area contributed by atoms with Gasteiger partial charge in [-0.1, -0.05) is 0 Å². The molecular formula is C12H15BrF2O2. The molecule has 5 heteroatoms. The molecule has 1 unspecified atom stereocenters. The first-order valence-corrected chi connectivity index (χ1v) is 6.26. The number of aliphatic hydroxyl groups excluding tert-OH is 1. The van der Waals surface area contributed by atoms with Crippen LogP contribution in [0.1, 0.15) is 31.4 Å². The van der Waals surface area contributed by atoms with Crippen LogP contribution in [0.25, 0.3) is 0 Å². The third-order valence-corrected chi connectivity index (χ3v) is 3.00. The molecule has 1 atom stereocenters. The second kappa shape index (κ2) is 7.03. The van der Waals surface area contributed by atoms with E-state index < -0.39 is 17.7 Å². The maximum absolute atomic E-state index is 13.6. The van der Waals surface area contributed by atoms with Gasteiger partial charge in [-0.25, -0.2) is 8.78 Å². The number of ether oxygens (including phenoxy) is 1. The van der Waals surface area contributed by atoms with Gasteiger partial charge in [0.25, 0.3) is 0 Å². The van der Waals surface area contributed by atoms with Crippen molar-refractivity contribution in [2.45, 2.75) is 25.9 Å². The largest absolute Gasteiger partial charge is 0.388 e. The van der Waals surface area contributed by atoms with Gasteiger partial charge in [0.15, 0.2) is 0 Å². The Morgan fingerprint density at radius 3 is 2.76 bits per heavy atom. The Kier molecular flexibility index (Phi) is 6.02. The molecule has 2 nitrogen and oxygen atoms in total. The van der Waals surface area contributed by atoms with Crippen molar-refractivity contribution in [3.05, 3.63) is 33.8 Å². The summed E-state index contributed by atoms with van der Waals surface area (Å²) < 4.78 is 32.3. The fourth-order valence-electron chi connectivity index (χ4n) is 1.52. The highest BCUT2D eigenvalue weighted by Gasteiger charge is 2.19. The predicted molar refractivity (Wildman–Crippen MR) is 64.7 cm³/mol. The van der Waals surface area contributed by atoms with Crippen LogP contribution < -0.4 is 0 Å². The molecule has 0 aliphatic heterocycles. The molecule has 0 radical (unpaired) electrons. The predicted octanol–water partition coefficient (Wildman–Crippen LogP) is 3.58. The van der Waals surface area contributed by atoms with Crippen LogP contribution in [0.15, 0.2) is 16.6 Å². The molecule has 0 bridgehead atoms. The van der Waals surface area contributed by atoms with E-state index in [1.165, 1.54) is 6.07 Å². The highest BCUT2D eigenvalue weighted by atomic mass is 79.9. The van der Waals surface area contributed by atoms with Crippen molar-refractivity contribution in [3.8, 4) is 0 Å². The third-order valence-electron chi connectivity index (χ3n) is 2.38. The van der Waals surface area contributed by atoms with Crippen molar-refractivity contribution in [1.29, 1.82) is 0 Å². The summed E-state index contributed by atoms with van der Waals surface area (Å²) in [5.41, 5.74) is -0.282. The summed E-state index contributed by atoms with van der Waals surface area (Å²) in [7, 11) is 0. The van der Waals surface area contributed by atoms with Gasteiger partial charge in [-0.3, -0.25) is 0 Å². The quantitative estimate of drug-likeness (QED) is 0.643. The fourth-order valence-corrected chi connectivity index (χ4v) is 1.86. The average Bonchev–Trinajstić information content (AvgIpc) is 2.30. The lowest BCUT2D eigenvalue weighted by Gasteiger charge is -2.13. The molecule has 0 aromatic heterocycles. The normalized spacial score (nSPS) is 12.8. The van der Waals surface area contributed by atoms with Gasteiger partial charge < -0.3 is 9.84 Å². The van der Waals surface area contributed by atoms with E-state index >= 15 is 0 Å². The van der Waals surface area contributed by atoms with Crippen molar-refractivity contribution in [1.82, 2.24) is 0 Å². The van der Waals surface area contributed by atoms with Crippen LogP contribution in [0.2, 0.25) is 0 Å². The van der Waals surface area contributed by atoms with Gasteiger partial charge in [-0.05, 0) is 47.8 Å². The summed E-state index contributed by atoms with van der Waals surface area (Å²) in [5.74, 6) is -1.47. The third kappa shape index (κ3) is 4.01.